The van der Waals surface area contributed by atoms with E-state index in [0.29, 0.717) is 18.3 Å². The van der Waals surface area contributed by atoms with Crippen molar-refractivity contribution in [2.45, 2.75) is 46.8 Å². The normalized spacial score (nSPS) is 16.1. The van der Waals surface area contributed by atoms with Crippen LogP contribution in [-0.2, 0) is 4.74 Å². The molecule has 1 heterocycles. The Balaban J connectivity index is 2.79. The van der Waals surface area contributed by atoms with Crippen molar-refractivity contribution in [2.24, 2.45) is 11.1 Å². The molecule has 5 nitrogen and oxygen atoms in total. The van der Waals surface area contributed by atoms with Crippen molar-refractivity contribution in [1.82, 2.24) is 10.1 Å². The zero-order valence-electron chi connectivity index (χ0n) is 10.7. The average Bonchev–Trinajstić information content (AvgIpc) is 2.64. The molecular weight excluding hydrogens is 206 g/mol. The van der Waals surface area contributed by atoms with E-state index in [4.69, 9.17) is 15.0 Å². The quantitative estimate of drug-likeness (QED) is 0.853. The Morgan fingerprint density at radius 1 is 1.44 bits per heavy atom. The molecule has 0 bridgehead atoms. The molecule has 0 amide bonds. The lowest BCUT2D eigenvalue weighted by Gasteiger charge is -2.23. The monoisotopic (exact) mass is 227 g/mol. The van der Waals surface area contributed by atoms with Crippen molar-refractivity contribution in [2.75, 3.05) is 6.61 Å². The van der Waals surface area contributed by atoms with E-state index in [-0.39, 0.29) is 17.6 Å². The fourth-order valence-electron chi connectivity index (χ4n) is 1.23. The van der Waals surface area contributed by atoms with Gasteiger partial charge in [0.05, 0.1) is 6.04 Å². The Labute approximate surface area is 96.4 Å². The van der Waals surface area contributed by atoms with E-state index in [2.05, 4.69) is 10.1 Å². The second-order valence-electron chi connectivity index (χ2n) is 4.93. The number of nitrogens with zero attached hydrogens (tertiary/aromatic N) is 2. The van der Waals surface area contributed by atoms with E-state index in [0.717, 1.165) is 0 Å². The van der Waals surface area contributed by atoms with Crippen LogP contribution < -0.4 is 5.73 Å². The summed E-state index contributed by atoms with van der Waals surface area (Å²) in [6.45, 7) is 10.5. The van der Waals surface area contributed by atoms with Crippen LogP contribution in [0.5, 0.6) is 0 Å². The van der Waals surface area contributed by atoms with Gasteiger partial charge in [0.25, 0.3) is 0 Å². The van der Waals surface area contributed by atoms with Gasteiger partial charge in [-0.25, -0.2) is 0 Å². The van der Waals surface area contributed by atoms with E-state index in [1.165, 1.54) is 0 Å². The minimum absolute atomic E-state index is 0.0986. The van der Waals surface area contributed by atoms with E-state index in [1.54, 1.807) is 0 Å². The Kier molecular flexibility index (Phi) is 4.04. The van der Waals surface area contributed by atoms with Crippen LogP contribution in [0, 0.1) is 5.41 Å². The van der Waals surface area contributed by atoms with Crippen molar-refractivity contribution in [3.8, 4) is 0 Å². The van der Waals surface area contributed by atoms with E-state index in [1.807, 2.05) is 34.6 Å². The fraction of sp³-hybridized carbons (Fsp3) is 0.818. The molecule has 2 unspecified atom stereocenters. The molecule has 1 aromatic rings. The van der Waals surface area contributed by atoms with Crippen molar-refractivity contribution >= 4 is 0 Å². The maximum absolute atomic E-state index is 6.02. The molecule has 0 aromatic carbocycles. The minimum Gasteiger partial charge on any atom is -0.371 e. The van der Waals surface area contributed by atoms with Gasteiger partial charge in [0.1, 0.15) is 6.10 Å². The van der Waals surface area contributed by atoms with Crippen LogP contribution in [0.15, 0.2) is 4.52 Å². The molecule has 16 heavy (non-hydrogen) atoms. The molecule has 2 atom stereocenters. The summed E-state index contributed by atoms with van der Waals surface area (Å²) < 4.78 is 10.5. The van der Waals surface area contributed by atoms with Gasteiger partial charge in [0.2, 0.25) is 5.89 Å². The molecule has 0 spiro atoms. The van der Waals surface area contributed by atoms with Crippen molar-refractivity contribution in [3.05, 3.63) is 11.7 Å². The molecule has 0 aliphatic heterocycles. The highest BCUT2D eigenvalue weighted by molar-refractivity contribution is 4.97. The fourth-order valence-corrected chi connectivity index (χ4v) is 1.23. The Hall–Kier alpha value is -0.940. The van der Waals surface area contributed by atoms with Crippen LogP contribution in [0.25, 0.3) is 0 Å². The molecule has 0 aliphatic carbocycles. The Morgan fingerprint density at radius 3 is 2.56 bits per heavy atom. The smallest absolute Gasteiger partial charge is 0.244 e. The summed E-state index contributed by atoms with van der Waals surface area (Å²) in [6, 6.07) is -0.262. The highest BCUT2D eigenvalue weighted by atomic mass is 16.5. The lowest BCUT2D eigenvalue weighted by Crippen LogP contribution is -2.26. The molecule has 2 N–H and O–H groups in total. The van der Waals surface area contributed by atoms with E-state index in [9.17, 15) is 0 Å². The number of ether oxygens (including phenoxy) is 1. The van der Waals surface area contributed by atoms with Crippen LogP contribution in [0.2, 0.25) is 0 Å². The molecule has 92 valence electrons. The molecule has 0 aliphatic rings. The summed E-state index contributed by atoms with van der Waals surface area (Å²) in [5, 5.41) is 3.88. The zero-order chi connectivity index (χ0) is 12.3. The van der Waals surface area contributed by atoms with Gasteiger partial charge in [-0.2, -0.15) is 4.98 Å². The minimum atomic E-state index is -0.262. The highest BCUT2D eigenvalue weighted by Crippen LogP contribution is 2.29. The predicted molar refractivity (Wildman–Crippen MR) is 60.7 cm³/mol. The topological polar surface area (TPSA) is 74.2 Å². The standard InChI is InChI=1S/C11H21N3O2/c1-6-15-7(2)9-13-10(16-14-9)8(12)11(3,4)5/h7-8H,6,12H2,1-5H3. The largest absolute Gasteiger partial charge is 0.371 e. The summed E-state index contributed by atoms with van der Waals surface area (Å²) in [7, 11) is 0. The lowest BCUT2D eigenvalue weighted by atomic mass is 9.87. The molecule has 1 rings (SSSR count). The third-order valence-corrected chi connectivity index (χ3v) is 2.44. The summed E-state index contributed by atoms with van der Waals surface area (Å²) >= 11 is 0. The maximum atomic E-state index is 6.02. The van der Waals surface area contributed by atoms with Gasteiger partial charge in [-0.3, -0.25) is 0 Å². The van der Waals surface area contributed by atoms with Crippen LogP contribution in [-0.4, -0.2) is 16.7 Å². The molecule has 0 saturated carbocycles. The number of rotatable bonds is 4. The predicted octanol–water partition coefficient (Wildman–Crippen LogP) is 2.21. The van der Waals surface area contributed by atoms with E-state index >= 15 is 0 Å². The second-order valence-corrected chi connectivity index (χ2v) is 4.93. The van der Waals surface area contributed by atoms with Gasteiger partial charge in [-0.05, 0) is 19.3 Å². The summed E-state index contributed by atoms with van der Waals surface area (Å²) in [4.78, 5) is 4.27. The molecule has 1 aromatic heterocycles. The van der Waals surface area contributed by atoms with Crippen molar-refractivity contribution in [1.29, 1.82) is 0 Å². The Bertz CT molecular complexity index is 330. The first kappa shape index (κ1) is 13.1. The van der Waals surface area contributed by atoms with E-state index < -0.39 is 0 Å². The third-order valence-electron chi connectivity index (χ3n) is 2.44. The van der Waals surface area contributed by atoms with Gasteiger partial charge in [0, 0.05) is 6.61 Å². The van der Waals surface area contributed by atoms with Crippen LogP contribution >= 0.6 is 0 Å². The molecule has 0 fully saturated rings. The van der Waals surface area contributed by atoms with Gasteiger partial charge in [-0.1, -0.05) is 25.9 Å². The van der Waals surface area contributed by atoms with Gasteiger partial charge < -0.3 is 15.0 Å². The first-order chi connectivity index (χ1) is 7.36. The molecule has 0 saturated heterocycles. The van der Waals surface area contributed by atoms with Crippen molar-refractivity contribution < 1.29 is 9.26 Å². The third kappa shape index (κ3) is 3.02. The van der Waals surface area contributed by atoms with Crippen LogP contribution in [0.1, 0.15) is 58.5 Å². The van der Waals surface area contributed by atoms with Gasteiger partial charge in [-0.15, -0.1) is 0 Å². The van der Waals surface area contributed by atoms with Crippen molar-refractivity contribution in [3.63, 3.8) is 0 Å². The number of aromatic nitrogens is 2. The van der Waals surface area contributed by atoms with Crippen LogP contribution in [0.4, 0.5) is 0 Å². The first-order valence-electron chi connectivity index (χ1n) is 5.57. The van der Waals surface area contributed by atoms with Crippen LogP contribution in [0.3, 0.4) is 0 Å². The maximum Gasteiger partial charge on any atom is 0.244 e. The Morgan fingerprint density at radius 2 is 2.06 bits per heavy atom. The molecule has 0 radical (unpaired) electrons. The number of hydrogen-bond acceptors (Lipinski definition) is 5. The highest BCUT2D eigenvalue weighted by Gasteiger charge is 2.28. The molecule has 5 heteroatoms. The number of nitrogens with two attached hydrogens (primary N) is 1. The van der Waals surface area contributed by atoms with Gasteiger partial charge >= 0.3 is 0 Å². The molecular formula is C11H21N3O2. The van der Waals surface area contributed by atoms with Gasteiger partial charge in [0.15, 0.2) is 5.82 Å². The number of hydrogen-bond donors (Lipinski definition) is 1. The lowest BCUT2D eigenvalue weighted by molar-refractivity contribution is 0.0683. The second kappa shape index (κ2) is 4.93. The SMILES string of the molecule is CCOC(C)c1noc(C(N)C(C)(C)C)n1. The zero-order valence-corrected chi connectivity index (χ0v) is 10.7. The summed E-state index contributed by atoms with van der Waals surface area (Å²) in [6.07, 6.45) is -0.158. The summed E-state index contributed by atoms with van der Waals surface area (Å²) in [5.41, 5.74) is 5.92. The average molecular weight is 227 g/mol. The summed E-state index contributed by atoms with van der Waals surface area (Å²) in [5.74, 6) is 1.02. The first-order valence-corrected chi connectivity index (χ1v) is 5.57.